The van der Waals surface area contributed by atoms with E-state index in [4.69, 9.17) is 5.73 Å². The molecule has 3 N–H and O–H groups in total. The number of aliphatic hydroxyl groups is 1. The average molecular weight is 704 g/mol. The number of nitrogens with zero attached hydrogens (tertiary/aromatic N) is 10. The maximum absolute atomic E-state index is 13.7. The highest BCUT2D eigenvalue weighted by Crippen LogP contribution is 2.34. The van der Waals surface area contributed by atoms with Crippen molar-refractivity contribution >= 4 is 81.8 Å². The van der Waals surface area contributed by atoms with E-state index in [1.165, 1.54) is 20.7 Å². The molecule has 0 aliphatic heterocycles. The normalized spacial score (nSPS) is 12.8. The molecule has 0 aliphatic rings. The smallest absolute Gasteiger partial charge is 0.291 e. The summed E-state index contributed by atoms with van der Waals surface area (Å²) in [6.07, 6.45) is 4.50. The summed E-state index contributed by atoms with van der Waals surface area (Å²) >= 11 is 2.93. The van der Waals surface area contributed by atoms with Crippen LogP contribution in [0.1, 0.15) is 34.2 Å². The first-order valence-corrected chi connectivity index (χ1v) is 17.4. The van der Waals surface area contributed by atoms with E-state index in [0.29, 0.717) is 38.4 Å². The summed E-state index contributed by atoms with van der Waals surface area (Å²) in [7, 11) is 3.66. The fourth-order valence-corrected chi connectivity index (χ4v) is 8.78. The Morgan fingerprint density at radius 2 is 1.46 bits per heavy atom. The third-order valence-corrected chi connectivity index (χ3v) is 11.4. The molecule has 2 aromatic carbocycles. The van der Waals surface area contributed by atoms with Gasteiger partial charge in [0.05, 0.1) is 63.0 Å². The number of nitrogens with two attached hydrogens (primary N) is 1. The van der Waals surface area contributed by atoms with Gasteiger partial charge in [-0.1, -0.05) is 18.2 Å². The maximum atomic E-state index is 13.7. The lowest BCUT2D eigenvalue weighted by atomic mass is 10.1. The highest BCUT2D eigenvalue weighted by molar-refractivity contribution is 7.20. The van der Waals surface area contributed by atoms with Gasteiger partial charge in [-0.05, 0) is 43.2 Å². The molecule has 0 bridgehead atoms. The second kappa shape index (κ2) is 10.9. The summed E-state index contributed by atoms with van der Waals surface area (Å²) in [5, 5.41) is 27.6. The molecule has 7 heterocycles. The molecule has 1 unspecified atom stereocenters. The second-order valence-corrected chi connectivity index (χ2v) is 14.7. The van der Waals surface area contributed by atoms with E-state index in [0.717, 1.165) is 47.5 Å². The molecule has 14 nitrogen and oxygen atoms in total. The van der Waals surface area contributed by atoms with Crippen LogP contribution < -0.4 is 16.9 Å². The predicted octanol–water partition coefficient (Wildman–Crippen LogP) is 4.38. The fourth-order valence-electron chi connectivity index (χ4n) is 6.77. The van der Waals surface area contributed by atoms with Crippen molar-refractivity contribution in [2.75, 3.05) is 5.73 Å². The SMILES string of the molecule is Cc1nc2c(s1)c1cnn(Cc3ccc(-n4ncc5c(Cn6ncc7c8sc(C(C)O)nc8n(C)c7c6=O)cccc54)c(N)c3)c(=O)c1n2C. The van der Waals surface area contributed by atoms with Gasteiger partial charge < -0.3 is 20.0 Å². The number of hydrogen-bond acceptors (Lipinski definition) is 11. The zero-order valence-corrected chi connectivity index (χ0v) is 29.0. The Kier molecular flexibility index (Phi) is 6.62. The molecule has 0 fully saturated rings. The minimum atomic E-state index is -0.690. The van der Waals surface area contributed by atoms with E-state index in [-0.39, 0.29) is 24.2 Å². The Morgan fingerprint density at radius 1 is 0.820 bits per heavy atom. The van der Waals surface area contributed by atoms with Crippen LogP contribution >= 0.6 is 22.7 Å². The van der Waals surface area contributed by atoms with Gasteiger partial charge in [0.15, 0.2) is 11.3 Å². The van der Waals surface area contributed by atoms with E-state index < -0.39 is 6.10 Å². The third kappa shape index (κ3) is 4.38. The number of aryl methyl sites for hydroxylation is 3. The quantitative estimate of drug-likeness (QED) is 0.239. The highest BCUT2D eigenvalue weighted by Gasteiger charge is 2.21. The minimum absolute atomic E-state index is 0.192. The van der Waals surface area contributed by atoms with E-state index in [1.807, 2.05) is 54.9 Å². The number of rotatable bonds is 6. The number of benzene rings is 2. The lowest BCUT2D eigenvalue weighted by molar-refractivity contribution is 0.199. The molecule has 0 saturated carbocycles. The van der Waals surface area contributed by atoms with Crippen LogP contribution in [-0.2, 0) is 27.2 Å². The number of anilines is 1. The van der Waals surface area contributed by atoms with Crippen LogP contribution in [0.3, 0.4) is 0 Å². The van der Waals surface area contributed by atoms with Crippen molar-refractivity contribution in [3.05, 3.63) is 96.8 Å². The van der Waals surface area contributed by atoms with Crippen LogP contribution in [0.5, 0.6) is 0 Å². The summed E-state index contributed by atoms with van der Waals surface area (Å²) in [4.78, 5) is 36.3. The first-order valence-electron chi connectivity index (χ1n) is 15.8. The molecule has 0 spiro atoms. The Morgan fingerprint density at radius 3 is 2.14 bits per heavy atom. The van der Waals surface area contributed by atoms with Gasteiger partial charge in [-0.2, -0.15) is 15.3 Å². The zero-order chi connectivity index (χ0) is 34.6. The number of aromatic nitrogens is 10. The Balaban J connectivity index is 1.03. The van der Waals surface area contributed by atoms with Crippen LogP contribution in [0.2, 0.25) is 0 Å². The summed E-state index contributed by atoms with van der Waals surface area (Å²) in [5.74, 6) is 0. The summed E-state index contributed by atoms with van der Waals surface area (Å²) in [6.45, 7) is 4.11. The number of aliphatic hydroxyl groups excluding tert-OH is 1. The summed E-state index contributed by atoms with van der Waals surface area (Å²) in [5.41, 5.74) is 12.4. The lowest BCUT2D eigenvalue weighted by Crippen LogP contribution is -2.24. The monoisotopic (exact) mass is 703 g/mol. The van der Waals surface area contributed by atoms with Crippen LogP contribution in [0, 0.1) is 6.92 Å². The van der Waals surface area contributed by atoms with Crippen LogP contribution in [0.25, 0.3) is 59.1 Å². The summed E-state index contributed by atoms with van der Waals surface area (Å²) in [6, 6.07) is 11.5. The third-order valence-electron chi connectivity index (χ3n) is 9.21. The van der Waals surface area contributed by atoms with Crippen LogP contribution in [-0.4, -0.2) is 53.6 Å². The van der Waals surface area contributed by atoms with E-state index >= 15 is 0 Å². The maximum Gasteiger partial charge on any atom is 0.291 e. The standard InChI is InChI=1S/C34H29N11O3S2/c1-16(46)32-40-31-29(50-32)22-13-37-44(34(48)27(22)42(31)4)15-19-6-5-7-24-20(19)11-38-45(24)25-9-8-18(10-23(25)35)14-43-33(47)26-21(12-36-43)28-30(41(26)3)39-17(2)49-28/h5-13,16,46H,14-15,35H2,1-4H3. The number of thiazole rings is 2. The largest absolute Gasteiger partial charge is 0.397 e. The van der Waals surface area contributed by atoms with Crippen molar-refractivity contribution in [2.45, 2.75) is 33.0 Å². The molecule has 0 radical (unpaired) electrons. The molecular formula is C34H29N11O3S2. The molecule has 0 amide bonds. The molecule has 0 aliphatic carbocycles. The van der Waals surface area contributed by atoms with E-state index in [9.17, 15) is 14.7 Å². The number of hydrogen-bond donors (Lipinski definition) is 2. The zero-order valence-electron chi connectivity index (χ0n) is 27.3. The Hall–Kier alpha value is -5.71. The first kappa shape index (κ1) is 30.4. The molecule has 0 saturated heterocycles. The van der Waals surface area contributed by atoms with Crippen molar-refractivity contribution in [2.24, 2.45) is 14.1 Å². The van der Waals surface area contributed by atoms with Crippen molar-refractivity contribution in [1.82, 2.24) is 48.4 Å². The van der Waals surface area contributed by atoms with E-state index in [1.54, 1.807) is 53.1 Å². The van der Waals surface area contributed by atoms with Gasteiger partial charge in [0.2, 0.25) is 0 Å². The van der Waals surface area contributed by atoms with E-state index in [2.05, 4.69) is 25.3 Å². The topological polar surface area (TPSA) is 169 Å². The average Bonchev–Trinajstić information content (AvgIpc) is 3.90. The van der Waals surface area contributed by atoms with Crippen LogP contribution in [0.4, 0.5) is 5.69 Å². The van der Waals surface area contributed by atoms with Gasteiger partial charge >= 0.3 is 0 Å². The fraction of sp³-hybridized carbons (Fsp3) is 0.206. The molecular weight excluding hydrogens is 675 g/mol. The summed E-state index contributed by atoms with van der Waals surface area (Å²) < 4.78 is 10.1. The van der Waals surface area contributed by atoms with Crippen molar-refractivity contribution < 1.29 is 5.11 Å². The second-order valence-electron chi connectivity index (χ2n) is 12.4. The Labute approximate surface area is 289 Å². The van der Waals surface area contributed by atoms with Crippen LogP contribution in [0.15, 0.2) is 64.6 Å². The van der Waals surface area contributed by atoms with Gasteiger partial charge in [-0.15, -0.1) is 22.7 Å². The molecule has 16 heteroatoms. The van der Waals surface area contributed by atoms with Crippen molar-refractivity contribution in [3.8, 4) is 5.69 Å². The van der Waals surface area contributed by atoms with Gasteiger partial charge in [-0.3, -0.25) is 9.59 Å². The molecule has 250 valence electrons. The number of fused-ring (bicyclic) bond motifs is 7. The lowest BCUT2D eigenvalue weighted by Gasteiger charge is -2.11. The minimum Gasteiger partial charge on any atom is -0.397 e. The molecule has 50 heavy (non-hydrogen) atoms. The predicted molar refractivity (Wildman–Crippen MR) is 195 cm³/mol. The van der Waals surface area contributed by atoms with Gasteiger partial charge in [-0.25, -0.2) is 24.0 Å². The molecule has 9 rings (SSSR count). The Bertz CT molecular complexity index is 2970. The number of nitrogen functional groups attached to an aromatic ring is 1. The molecule has 9 aromatic rings. The molecule has 1 atom stereocenters. The van der Waals surface area contributed by atoms with Gasteiger partial charge in [0.25, 0.3) is 11.1 Å². The van der Waals surface area contributed by atoms with Gasteiger partial charge in [0.1, 0.15) is 22.1 Å². The molecule has 7 aromatic heterocycles. The van der Waals surface area contributed by atoms with Crippen molar-refractivity contribution in [1.29, 1.82) is 0 Å². The van der Waals surface area contributed by atoms with Gasteiger partial charge in [0, 0.05) is 30.3 Å². The van der Waals surface area contributed by atoms with Crippen molar-refractivity contribution in [3.63, 3.8) is 0 Å². The first-order chi connectivity index (χ1) is 24.1. The highest BCUT2D eigenvalue weighted by atomic mass is 32.1.